The first-order chi connectivity index (χ1) is 16.9. The molecule has 0 radical (unpaired) electrons. The molecule has 0 spiro atoms. The minimum atomic E-state index is -0.926. The van der Waals surface area contributed by atoms with E-state index in [0.717, 1.165) is 23.4 Å². The van der Waals surface area contributed by atoms with Gasteiger partial charge in [-0.05, 0) is 42.0 Å². The zero-order valence-electron chi connectivity index (χ0n) is 19.1. The van der Waals surface area contributed by atoms with E-state index in [9.17, 15) is 22.8 Å². The number of hydrogen-bond acceptors (Lipinski definition) is 3. The molecule has 0 saturated heterocycles. The predicted molar refractivity (Wildman–Crippen MR) is 123 cm³/mol. The number of methoxy groups -OCH3 is 1. The minimum absolute atomic E-state index is 0.0717. The van der Waals surface area contributed by atoms with Gasteiger partial charge in [-0.25, -0.2) is 18.0 Å². The summed E-state index contributed by atoms with van der Waals surface area (Å²) in [6, 6.07) is 11.4. The SMILES string of the molecule is COCCN(CC(=O)N1CCn2cccc2C1c1ccc(F)cc1)C(=O)Nc1ccc(F)cc1F. The zero-order valence-corrected chi connectivity index (χ0v) is 19.1. The van der Waals surface area contributed by atoms with Crippen molar-refractivity contribution in [3.8, 4) is 0 Å². The molecule has 0 saturated carbocycles. The van der Waals surface area contributed by atoms with Gasteiger partial charge < -0.3 is 24.4 Å². The van der Waals surface area contributed by atoms with E-state index in [1.54, 1.807) is 17.0 Å². The second-order valence-corrected chi connectivity index (χ2v) is 8.14. The Hall–Kier alpha value is -3.79. The molecule has 1 aliphatic heterocycles. The highest BCUT2D eigenvalue weighted by Gasteiger charge is 2.33. The van der Waals surface area contributed by atoms with Crippen molar-refractivity contribution in [1.29, 1.82) is 0 Å². The molecule has 1 aliphatic rings. The highest BCUT2D eigenvalue weighted by Crippen LogP contribution is 2.32. The molecule has 10 heteroatoms. The van der Waals surface area contributed by atoms with Gasteiger partial charge in [-0.3, -0.25) is 4.79 Å². The standard InChI is InChI=1S/C25H25F3N4O3/c1-35-14-13-31(25(34)29-21-9-8-19(27)15-20(21)28)16-23(33)32-12-11-30-10-2-3-22(30)24(32)17-4-6-18(26)7-5-17/h2-10,15,24H,11-14,16H2,1H3,(H,29,34). The maximum Gasteiger partial charge on any atom is 0.322 e. The van der Waals surface area contributed by atoms with Crippen LogP contribution < -0.4 is 5.32 Å². The van der Waals surface area contributed by atoms with Gasteiger partial charge in [0, 0.05) is 44.7 Å². The van der Waals surface area contributed by atoms with Crippen LogP contribution in [-0.4, -0.2) is 59.7 Å². The lowest BCUT2D eigenvalue weighted by Gasteiger charge is -2.38. The van der Waals surface area contributed by atoms with Gasteiger partial charge in [0.2, 0.25) is 5.91 Å². The van der Waals surface area contributed by atoms with Crippen molar-refractivity contribution in [1.82, 2.24) is 14.4 Å². The fourth-order valence-electron chi connectivity index (χ4n) is 4.14. The Morgan fingerprint density at radius 1 is 1.06 bits per heavy atom. The summed E-state index contributed by atoms with van der Waals surface area (Å²) in [5.41, 5.74) is 1.41. The van der Waals surface area contributed by atoms with Crippen LogP contribution in [0.3, 0.4) is 0 Å². The summed E-state index contributed by atoms with van der Waals surface area (Å²) >= 11 is 0. The monoisotopic (exact) mass is 486 g/mol. The second kappa shape index (κ2) is 10.6. The van der Waals surface area contributed by atoms with Gasteiger partial charge in [0.15, 0.2) is 0 Å². The van der Waals surface area contributed by atoms with E-state index < -0.39 is 23.7 Å². The number of halogens is 3. The fourth-order valence-corrected chi connectivity index (χ4v) is 4.14. The van der Waals surface area contributed by atoms with Crippen molar-refractivity contribution in [3.63, 3.8) is 0 Å². The number of hydrogen-bond donors (Lipinski definition) is 1. The van der Waals surface area contributed by atoms with Crippen LogP contribution in [0.4, 0.5) is 23.7 Å². The second-order valence-electron chi connectivity index (χ2n) is 8.14. The maximum absolute atomic E-state index is 14.1. The molecule has 2 aromatic carbocycles. The van der Waals surface area contributed by atoms with Crippen molar-refractivity contribution in [2.75, 3.05) is 38.7 Å². The molecule has 0 aliphatic carbocycles. The van der Waals surface area contributed by atoms with Gasteiger partial charge in [-0.2, -0.15) is 0 Å². The molecule has 184 valence electrons. The third kappa shape index (κ3) is 5.48. The molecule has 4 rings (SSSR count). The van der Waals surface area contributed by atoms with Crippen molar-refractivity contribution in [3.05, 3.63) is 89.5 Å². The number of aromatic nitrogens is 1. The number of anilines is 1. The van der Waals surface area contributed by atoms with Crippen LogP contribution in [-0.2, 0) is 16.1 Å². The largest absolute Gasteiger partial charge is 0.383 e. The first-order valence-electron chi connectivity index (χ1n) is 11.1. The Labute approximate surface area is 200 Å². The zero-order chi connectivity index (χ0) is 24.9. The van der Waals surface area contributed by atoms with Crippen molar-refractivity contribution in [2.45, 2.75) is 12.6 Å². The van der Waals surface area contributed by atoms with Crippen molar-refractivity contribution in [2.24, 2.45) is 0 Å². The molecular formula is C25H25F3N4O3. The summed E-state index contributed by atoms with van der Waals surface area (Å²) in [6.07, 6.45) is 1.92. The van der Waals surface area contributed by atoms with E-state index in [0.29, 0.717) is 19.2 Å². The average molecular weight is 486 g/mol. The maximum atomic E-state index is 14.1. The molecule has 2 heterocycles. The molecule has 1 aromatic heterocycles. The minimum Gasteiger partial charge on any atom is -0.383 e. The average Bonchev–Trinajstić information content (AvgIpc) is 3.32. The van der Waals surface area contributed by atoms with Gasteiger partial charge in [-0.15, -0.1) is 0 Å². The van der Waals surface area contributed by atoms with E-state index >= 15 is 0 Å². The lowest BCUT2D eigenvalue weighted by Crippen LogP contribution is -2.49. The number of ether oxygens (including phenoxy) is 1. The van der Waals surface area contributed by atoms with Gasteiger partial charge >= 0.3 is 6.03 Å². The Morgan fingerprint density at radius 2 is 1.80 bits per heavy atom. The van der Waals surface area contributed by atoms with E-state index in [1.165, 1.54) is 24.1 Å². The van der Waals surface area contributed by atoms with Crippen LogP contribution in [0.25, 0.3) is 0 Å². The predicted octanol–water partition coefficient (Wildman–Crippen LogP) is 4.02. The molecule has 35 heavy (non-hydrogen) atoms. The molecule has 3 aromatic rings. The van der Waals surface area contributed by atoms with Crippen LogP contribution in [0.15, 0.2) is 60.8 Å². The summed E-state index contributed by atoms with van der Waals surface area (Å²) in [6.45, 7) is 0.876. The molecule has 0 fully saturated rings. The summed E-state index contributed by atoms with van der Waals surface area (Å²) in [7, 11) is 1.46. The van der Waals surface area contributed by atoms with Gasteiger partial charge in [-0.1, -0.05) is 12.1 Å². The molecule has 7 nitrogen and oxygen atoms in total. The third-order valence-corrected chi connectivity index (χ3v) is 5.90. The lowest BCUT2D eigenvalue weighted by molar-refractivity contribution is -0.134. The number of carbonyl (C=O) groups excluding carboxylic acids is 2. The summed E-state index contributed by atoms with van der Waals surface area (Å²) < 4.78 is 47.9. The van der Waals surface area contributed by atoms with E-state index in [4.69, 9.17) is 4.74 Å². The first-order valence-corrected chi connectivity index (χ1v) is 11.1. The van der Waals surface area contributed by atoms with Crippen molar-refractivity contribution < 1.29 is 27.5 Å². The van der Waals surface area contributed by atoms with Crippen molar-refractivity contribution >= 4 is 17.6 Å². The number of amides is 3. The molecule has 1 unspecified atom stereocenters. The normalized spacial score (nSPS) is 15.0. The Bertz CT molecular complexity index is 1200. The van der Waals surface area contributed by atoms with Crippen LogP contribution in [0.1, 0.15) is 17.3 Å². The summed E-state index contributed by atoms with van der Waals surface area (Å²) in [5.74, 6) is -2.41. The van der Waals surface area contributed by atoms with Gasteiger partial charge in [0.1, 0.15) is 24.0 Å². The molecule has 3 amide bonds. The molecule has 0 bridgehead atoms. The first kappa shape index (κ1) is 24.3. The van der Waals surface area contributed by atoms with E-state index in [1.807, 2.05) is 22.9 Å². The van der Waals surface area contributed by atoms with Crippen LogP contribution in [0, 0.1) is 17.5 Å². The van der Waals surface area contributed by atoms with Gasteiger partial charge in [0.25, 0.3) is 0 Å². The number of fused-ring (bicyclic) bond motifs is 1. The van der Waals surface area contributed by atoms with Crippen LogP contribution in [0.5, 0.6) is 0 Å². The number of rotatable bonds is 7. The number of nitrogens with one attached hydrogen (secondary N) is 1. The van der Waals surface area contributed by atoms with Gasteiger partial charge in [0.05, 0.1) is 18.3 Å². The molecular weight excluding hydrogens is 461 g/mol. The third-order valence-electron chi connectivity index (χ3n) is 5.90. The Balaban J connectivity index is 1.56. The number of carbonyl (C=O) groups is 2. The molecule has 1 atom stereocenters. The Morgan fingerprint density at radius 3 is 2.51 bits per heavy atom. The van der Waals surface area contributed by atoms with E-state index in [2.05, 4.69) is 5.32 Å². The number of benzene rings is 2. The topological polar surface area (TPSA) is 66.8 Å². The molecule has 1 N–H and O–H groups in total. The highest BCUT2D eigenvalue weighted by molar-refractivity contribution is 5.92. The lowest BCUT2D eigenvalue weighted by atomic mass is 9.99. The van der Waals surface area contributed by atoms with Crippen LogP contribution in [0.2, 0.25) is 0 Å². The Kier molecular flexibility index (Phi) is 7.40. The number of urea groups is 1. The van der Waals surface area contributed by atoms with E-state index in [-0.39, 0.29) is 37.1 Å². The van der Waals surface area contributed by atoms with Crippen LogP contribution >= 0.6 is 0 Å². The summed E-state index contributed by atoms with van der Waals surface area (Å²) in [5, 5.41) is 2.39. The quantitative estimate of drug-likeness (QED) is 0.549. The smallest absolute Gasteiger partial charge is 0.322 e. The highest BCUT2D eigenvalue weighted by atomic mass is 19.1. The summed E-state index contributed by atoms with van der Waals surface area (Å²) in [4.78, 5) is 29.2. The fraction of sp³-hybridized carbons (Fsp3) is 0.280. The number of nitrogens with zero attached hydrogens (tertiary/aromatic N) is 3.